The van der Waals surface area contributed by atoms with Crippen LogP contribution in [0.4, 0.5) is 17.1 Å². The summed E-state index contributed by atoms with van der Waals surface area (Å²) < 4.78 is 8.81. The average molecular weight is 822 g/mol. The summed E-state index contributed by atoms with van der Waals surface area (Å²) >= 11 is 1.87. The second-order valence-electron chi connectivity index (χ2n) is 16.0. The molecule has 0 unspecified atom stereocenters. The Kier molecular flexibility index (Phi) is 9.06. The van der Waals surface area contributed by atoms with E-state index in [-0.39, 0.29) is 0 Å². The van der Waals surface area contributed by atoms with Crippen molar-refractivity contribution in [3.8, 4) is 55.6 Å². The third kappa shape index (κ3) is 6.50. The summed E-state index contributed by atoms with van der Waals surface area (Å²) in [4.78, 5) is 2.43. The van der Waals surface area contributed by atoms with Gasteiger partial charge in [0.25, 0.3) is 0 Å². The molecule has 2 aromatic heterocycles. The number of para-hydroxylation sites is 1. The second-order valence-corrected chi connectivity index (χ2v) is 17.0. The number of fused-ring (bicyclic) bond motifs is 6. The first-order chi connectivity index (χ1) is 31.2. The van der Waals surface area contributed by atoms with Gasteiger partial charge in [-0.25, -0.2) is 0 Å². The molecule has 0 amide bonds. The van der Waals surface area contributed by atoms with Gasteiger partial charge in [-0.2, -0.15) is 0 Å². The molecule has 0 aliphatic carbocycles. The van der Waals surface area contributed by atoms with Crippen molar-refractivity contribution in [3.05, 3.63) is 237 Å². The minimum atomic E-state index is 0.899. The summed E-state index contributed by atoms with van der Waals surface area (Å²) in [7, 11) is 0. The van der Waals surface area contributed by atoms with E-state index >= 15 is 0 Å². The Morgan fingerprint density at radius 2 is 0.841 bits per heavy atom. The van der Waals surface area contributed by atoms with Crippen LogP contribution in [-0.2, 0) is 0 Å². The van der Waals surface area contributed by atoms with Crippen LogP contribution in [0.1, 0.15) is 0 Å². The van der Waals surface area contributed by atoms with E-state index in [1.807, 2.05) is 23.5 Å². The van der Waals surface area contributed by atoms with E-state index in [9.17, 15) is 0 Å². The lowest BCUT2D eigenvalue weighted by atomic mass is 9.87. The van der Waals surface area contributed by atoms with Crippen molar-refractivity contribution in [1.29, 1.82) is 0 Å². The lowest BCUT2D eigenvalue weighted by Crippen LogP contribution is -2.12. The predicted molar refractivity (Wildman–Crippen MR) is 268 cm³/mol. The highest BCUT2D eigenvalue weighted by molar-refractivity contribution is 7.26. The Bertz CT molecular complexity index is 3600. The zero-order valence-corrected chi connectivity index (χ0v) is 35.1. The summed E-state index contributed by atoms with van der Waals surface area (Å²) in [5.74, 6) is 0. The molecule has 0 N–H and O–H groups in total. The molecule has 0 fully saturated rings. The fraction of sp³-hybridized carbons (Fsp3) is 0. The molecule has 0 atom stereocenters. The molecule has 0 aliphatic rings. The Balaban J connectivity index is 1.05. The predicted octanol–water partition coefficient (Wildman–Crippen LogP) is 17.8. The second kappa shape index (κ2) is 15.5. The molecule has 0 aliphatic heterocycles. The van der Waals surface area contributed by atoms with Crippen LogP contribution < -0.4 is 4.90 Å². The average Bonchev–Trinajstić information content (AvgIpc) is 3.93. The van der Waals surface area contributed by atoms with E-state index in [4.69, 9.17) is 4.42 Å². The van der Waals surface area contributed by atoms with Crippen molar-refractivity contribution in [2.45, 2.75) is 0 Å². The van der Waals surface area contributed by atoms with E-state index < -0.39 is 0 Å². The number of furan rings is 1. The van der Waals surface area contributed by atoms with E-state index in [1.165, 1.54) is 64.7 Å². The van der Waals surface area contributed by atoms with Crippen LogP contribution in [0, 0.1) is 0 Å². The molecular formula is C60H39NOS. The number of hydrogen-bond acceptors (Lipinski definition) is 3. The molecule has 3 heteroatoms. The molecule has 12 aromatic rings. The van der Waals surface area contributed by atoms with E-state index in [2.05, 4.69) is 229 Å². The van der Waals surface area contributed by atoms with Crippen LogP contribution in [0.2, 0.25) is 0 Å². The van der Waals surface area contributed by atoms with E-state index in [0.717, 1.165) is 50.1 Å². The topological polar surface area (TPSA) is 16.4 Å². The van der Waals surface area contributed by atoms with E-state index in [0.29, 0.717) is 0 Å². The van der Waals surface area contributed by atoms with Gasteiger partial charge in [0.05, 0.1) is 5.69 Å². The first-order valence-electron chi connectivity index (χ1n) is 21.4. The van der Waals surface area contributed by atoms with Gasteiger partial charge in [-0.05, 0) is 105 Å². The third-order valence-corrected chi connectivity index (χ3v) is 13.5. The largest absolute Gasteiger partial charge is 0.456 e. The van der Waals surface area contributed by atoms with Gasteiger partial charge in [0.1, 0.15) is 11.2 Å². The highest BCUT2D eigenvalue weighted by atomic mass is 32.1. The van der Waals surface area contributed by atoms with Crippen LogP contribution in [-0.4, -0.2) is 0 Å². The van der Waals surface area contributed by atoms with Gasteiger partial charge >= 0.3 is 0 Å². The molecule has 2 nitrogen and oxygen atoms in total. The Labute approximate surface area is 370 Å². The van der Waals surface area contributed by atoms with Crippen molar-refractivity contribution >= 4 is 70.5 Å². The van der Waals surface area contributed by atoms with Crippen molar-refractivity contribution in [3.63, 3.8) is 0 Å². The summed E-state index contributed by atoms with van der Waals surface area (Å²) in [5, 5.41) is 4.87. The molecule has 296 valence electrons. The van der Waals surface area contributed by atoms with Crippen LogP contribution in [0.5, 0.6) is 0 Å². The van der Waals surface area contributed by atoms with Crippen LogP contribution in [0.3, 0.4) is 0 Å². The third-order valence-electron chi connectivity index (χ3n) is 12.3. The first-order valence-corrected chi connectivity index (χ1v) is 22.2. The molecule has 0 spiro atoms. The van der Waals surface area contributed by atoms with Crippen molar-refractivity contribution in [2.24, 2.45) is 0 Å². The minimum Gasteiger partial charge on any atom is -0.456 e. The SMILES string of the molecule is c1ccc(-c2ccccc2-c2c(-c3ccccc3)cccc2N(c2ccc(-c3ccc4oc5ccccc5c4c3)cc2)c2ccc(-c3cccc4c3sc3ccccc34)cc2)cc1. The molecular weight excluding hydrogens is 783 g/mol. The van der Waals surface area contributed by atoms with Crippen LogP contribution in [0.15, 0.2) is 241 Å². The summed E-state index contributed by atoms with van der Waals surface area (Å²) in [6.45, 7) is 0. The fourth-order valence-electron chi connectivity index (χ4n) is 9.34. The maximum atomic E-state index is 6.18. The number of benzene rings is 10. The quantitative estimate of drug-likeness (QED) is 0.152. The summed E-state index contributed by atoms with van der Waals surface area (Å²) in [6.07, 6.45) is 0. The maximum Gasteiger partial charge on any atom is 0.135 e. The lowest BCUT2D eigenvalue weighted by Gasteiger charge is -2.30. The first kappa shape index (κ1) is 36.8. The van der Waals surface area contributed by atoms with Crippen molar-refractivity contribution in [1.82, 2.24) is 0 Å². The molecule has 63 heavy (non-hydrogen) atoms. The Hall–Kier alpha value is -7.98. The monoisotopic (exact) mass is 821 g/mol. The summed E-state index contributed by atoms with van der Waals surface area (Å²) in [5.41, 5.74) is 16.8. The lowest BCUT2D eigenvalue weighted by molar-refractivity contribution is 0.669. The number of nitrogens with zero attached hydrogens (tertiary/aromatic N) is 1. The fourth-order valence-corrected chi connectivity index (χ4v) is 10.6. The van der Waals surface area contributed by atoms with Gasteiger partial charge in [0.15, 0.2) is 0 Å². The van der Waals surface area contributed by atoms with Crippen molar-refractivity contribution in [2.75, 3.05) is 4.90 Å². The normalized spacial score (nSPS) is 11.5. The van der Waals surface area contributed by atoms with Gasteiger partial charge in [-0.3, -0.25) is 0 Å². The number of anilines is 3. The zero-order valence-electron chi connectivity index (χ0n) is 34.3. The molecule has 0 saturated carbocycles. The standard InChI is InChI=1S/C60H39NOS/c1-3-15-41(16-4-1)47-19-7-8-22-52(47)59-48(42-17-5-2-6-18-42)23-14-26-55(59)61(45-34-29-40(30-35-45)44-33-38-57-54(39-44)50-20-9-11-27-56(50)62-57)46-36-31-43(32-37-46)49-24-13-25-53-51-21-10-12-28-58(51)63-60(49)53/h1-39H. The molecule has 2 heterocycles. The molecule has 12 rings (SSSR count). The van der Waals surface area contributed by atoms with Gasteiger partial charge in [-0.15, -0.1) is 11.3 Å². The maximum absolute atomic E-state index is 6.18. The van der Waals surface area contributed by atoms with E-state index in [1.54, 1.807) is 0 Å². The molecule has 10 aromatic carbocycles. The van der Waals surface area contributed by atoms with Gasteiger partial charge in [-0.1, -0.05) is 182 Å². The van der Waals surface area contributed by atoms with Crippen LogP contribution in [0.25, 0.3) is 97.7 Å². The minimum absolute atomic E-state index is 0.899. The number of thiophene rings is 1. The Morgan fingerprint density at radius 1 is 0.317 bits per heavy atom. The molecule has 0 bridgehead atoms. The van der Waals surface area contributed by atoms with Crippen molar-refractivity contribution < 1.29 is 4.42 Å². The van der Waals surface area contributed by atoms with Gasteiger partial charge in [0.2, 0.25) is 0 Å². The highest BCUT2D eigenvalue weighted by Gasteiger charge is 2.23. The number of hydrogen-bond donors (Lipinski definition) is 0. The summed E-state index contributed by atoms with van der Waals surface area (Å²) in [6, 6.07) is 85.5. The number of rotatable bonds is 8. The molecule has 0 saturated heterocycles. The molecule has 0 radical (unpaired) electrons. The zero-order chi connectivity index (χ0) is 41.7. The van der Waals surface area contributed by atoms with Crippen LogP contribution >= 0.6 is 11.3 Å². The Morgan fingerprint density at radius 3 is 1.60 bits per heavy atom. The smallest absolute Gasteiger partial charge is 0.135 e. The van der Waals surface area contributed by atoms with Gasteiger partial charge in [0, 0.05) is 47.9 Å². The van der Waals surface area contributed by atoms with Gasteiger partial charge < -0.3 is 9.32 Å². The highest BCUT2D eigenvalue weighted by Crippen LogP contribution is 2.49.